The minimum Gasteiger partial charge on any atom is -0.356 e. The molecular formula is C17H19N5O3. The molecule has 130 valence electrons. The Morgan fingerprint density at radius 1 is 1.32 bits per heavy atom. The van der Waals surface area contributed by atoms with Crippen molar-refractivity contribution in [1.29, 1.82) is 0 Å². The first-order valence-corrected chi connectivity index (χ1v) is 8.15. The van der Waals surface area contributed by atoms with Gasteiger partial charge >= 0.3 is 0 Å². The van der Waals surface area contributed by atoms with E-state index in [1.165, 1.54) is 12.3 Å². The molecular weight excluding hydrogens is 322 g/mol. The number of hydrogen-bond donors (Lipinski definition) is 1. The van der Waals surface area contributed by atoms with Crippen LogP contribution in [0.1, 0.15) is 18.4 Å². The summed E-state index contributed by atoms with van der Waals surface area (Å²) in [6.45, 7) is 1.83. The van der Waals surface area contributed by atoms with Crippen molar-refractivity contribution >= 4 is 17.4 Å². The highest BCUT2D eigenvalue weighted by molar-refractivity contribution is 5.79. The molecule has 1 aliphatic heterocycles. The van der Waals surface area contributed by atoms with Gasteiger partial charge in [0.2, 0.25) is 5.91 Å². The minimum atomic E-state index is -0.470. The number of hydrogen-bond acceptors (Lipinski definition) is 6. The predicted octanol–water partition coefficient (Wildman–Crippen LogP) is 1.92. The topological polar surface area (TPSA) is 101 Å². The SMILES string of the molecule is O=C(NCc1ccncc1)[C@@H]1CCCN(c2ccc([N+](=O)[O-])cn2)C1. The van der Waals surface area contributed by atoms with Gasteiger partial charge in [-0.3, -0.25) is 19.9 Å². The van der Waals surface area contributed by atoms with E-state index in [9.17, 15) is 14.9 Å². The van der Waals surface area contributed by atoms with Crippen LogP contribution in [0.5, 0.6) is 0 Å². The smallest absolute Gasteiger partial charge is 0.287 e. The fourth-order valence-corrected chi connectivity index (χ4v) is 2.91. The zero-order chi connectivity index (χ0) is 17.6. The monoisotopic (exact) mass is 341 g/mol. The molecule has 1 saturated heterocycles. The van der Waals surface area contributed by atoms with E-state index in [1.807, 2.05) is 17.0 Å². The molecule has 2 aromatic rings. The van der Waals surface area contributed by atoms with Gasteiger partial charge in [0.1, 0.15) is 12.0 Å². The molecule has 0 aliphatic carbocycles. The summed E-state index contributed by atoms with van der Waals surface area (Å²) in [6, 6.07) is 6.81. The molecule has 2 aromatic heterocycles. The van der Waals surface area contributed by atoms with Crippen LogP contribution in [0.15, 0.2) is 42.9 Å². The van der Waals surface area contributed by atoms with Crippen molar-refractivity contribution in [3.63, 3.8) is 0 Å². The van der Waals surface area contributed by atoms with Crippen molar-refractivity contribution in [3.8, 4) is 0 Å². The van der Waals surface area contributed by atoms with Crippen molar-refractivity contribution in [1.82, 2.24) is 15.3 Å². The maximum atomic E-state index is 12.4. The van der Waals surface area contributed by atoms with Crippen LogP contribution >= 0.6 is 0 Å². The average molecular weight is 341 g/mol. The van der Waals surface area contributed by atoms with Crippen LogP contribution in [0.2, 0.25) is 0 Å². The van der Waals surface area contributed by atoms with Gasteiger partial charge in [-0.25, -0.2) is 4.98 Å². The highest BCUT2D eigenvalue weighted by atomic mass is 16.6. The van der Waals surface area contributed by atoms with Crippen molar-refractivity contribution in [2.75, 3.05) is 18.0 Å². The molecule has 0 radical (unpaired) electrons. The van der Waals surface area contributed by atoms with Crippen LogP contribution in [0, 0.1) is 16.0 Å². The first-order valence-electron chi connectivity index (χ1n) is 8.15. The van der Waals surface area contributed by atoms with Gasteiger partial charge in [-0.2, -0.15) is 0 Å². The Labute approximate surface area is 145 Å². The second kappa shape index (κ2) is 7.69. The third kappa shape index (κ3) is 4.28. The Morgan fingerprint density at radius 2 is 2.12 bits per heavy atom. The van der Waals surface area contributed by atoms with Crippen LogP contribution in [-0.2, 0) is 11.3 Å². The first kappa shape index (κ1) is 16.8. The predicted molar refractivity (Wildman–Crippen MR) is 91.9 cm³/mol. The third-order valence-corrected chi connectivity index (χ3v) is 4.28. The molecule has 0 spiro atoms. The largest absolute Gasteiger partial charge is 0.356 e. The van der Waals surface area contributed by atoms with E-state index < -0.39 is 4.92 Å². The van der Waals surface area contributed by atoms with Crippen LogP contribution in [0.25, 0.3) is 0 Å². The number of anilines is 1. The average Bonchev–Trinajstić information content (AvgIpc) is 2.67. The molecule has 0 aromatic carbocycles. The van der Waals surface area contributed by atoms with E-state index in [4.69, 9.17) is 0 Å². The number of piperidine rings is 1. The summed E-state index contributed by atoms with van der Waals surface area (Å²) in [6.07, 6.45) is 6.36. The van der Waals surface area contributed by atoms with Crippen LogP contribution in [0.3, 0.4) is 0 Å². The van der Waals surface area contributed by atoms with E-state index >= 15 is 0 Å². The third-order valence-electron chi connectivity index (χ3n) is 4.28. The normalized spacial score (nSPS) is 17.1. The molecule has 1 amide bonds. The van der Waals surface area contributed by atoms with Crippen molar-refractivity contribution < 1.29 is 9.72 Å². The molecule has 8 nitrogen and oxygen atoms in total. The number of rotatable bonds is 5. The molecule has 0 unspecified atom stereocenters. The lowest BCUT2D eigenvalue weighted by atomic mass is 9.97. The number of aromatic nitrogens is 2. The fourth-order valence-electron chi connectivity index (χ4n) is 2.91. The van der Waals surface area contributed by atoms with E-state index in [2.05, 4.69) is 15.3 Å². The van der Waals surface area contributed by atoms with Gasteiger partial charge < -0.3 is 10.2 Å². The Hall–Kier alpha value is -3.03. The maximum Gasteiger partial charge on any atom is 0.287 e. The molecule has 0 bridgehead atoms. The summed E-state index contributed by atoms with van der Waals surface area (Å²) in [5.74, 6) is 0.563. The quantitative estimate of drug-likeness (QED) is 0.658. The molecule has 3 rings (SSSR count). The molecule has 1 N–H and O–H groups in total. The fraction of sp³-hybridized carbons (Fsp3) is 0.353. The highest BCUT2D eigenvalue weighted by Gasteiger charge is 2.26. The van der Waals surface area contributed by atoms with Gasteiger partial charge in [0, 0.05) is 38.1 Å². The zero-order valence-corrected chi connectivity index (χ0v) is 13.7. The zero-order valence-electron chi connectivity index (χ0n) is 13.7. The summed E-state index contributed by atoms with van der Waals surface area (Å²) in [4.78, 5) is 32.8. The van der Waals surface area contributed by atoms with Crippen molar-refractivity contribution in [3.05, 3.63) is 58.5 Å². The summed E-state index contributed by atoms with van der Waals surface area (Å²) >= 11 is 0. The molecule has 1 atom stereocenters. The van der Waals surface area contributed by atoms with Crippen LogP contribution < -0.4 is 10.2 Å². The molecule has 0 saturated carbocycles. The number of nitro groups is 1. The molecule has 25 heavy (non-hydrogen) atoms. The summed E-state index contributed by atoms with van der Waals surface area (Å²) in [5.41, 5.74) is 0.973. The number of carbonyl (C=O) groups is 1. The first-order chi connectivity index (χ1) is 12.1. The Bertz CT molecular complexity index is 736. The van der Waals surface area contributed by atoms with E-state index in [1.54, 1.807) is 18.5 Å². The van der Waals surface area contributed by atoms with Crippen LogP contribution in [0.4, 0.5) is 11.5 Å². The highest BCUT2D eigenvalue weighted by Crippen LogP contribution is 2.23. The molecule has 1 aliphatic rings. The van der Waals surface area contributed by atoms with E-state index in [0.717, 1.165) is 24.9 Å². The van der Waals surface area contributed by atoms with Crippen molar-refractivity contribution in [2.45, 2.75) is 19.4 Å². The Balaban J connectivity index is 1.58. The number of pyridine rings is 2. The molecule has 1 fully saturated rings. The lowest BCUT2D eigenvalue weighted by Gasteiger charge is -2.32. The van der Waals surface area contributed by atoms with Gasteiger partial charge in [0.15, 0.2) is 0 Å². The number of amides is 1. The van der Waals surface area contributed by atoms with Gasteiger partial charge in [-0.1, -0.05) is 0 Å². The van der Waals surface area contributed by atoms with Gasteiger partial charge in [0.25, 0.3) is 5.69 Å². The minimum absolute atomic E-state index is 0.0171. The summed E-state index contributed by atoms with van der Waals surface area (Å²) in [7, 11) is 0. The maximum absolute atomic E-state index is 12.4. The summed E-state index contributed by atoms with van der Waals surface area (Å²) < 4.78 is 0. The van der Waals surface area contributed by atoms with Gasteiger partial charge in [0.05, 0.1) is 10.8 Å². The Kier molecular flexibility index (Phi) is 5.17. The number of nitrogens with one attached hydrogen (secondary N) is 1. The van der Waals surface area contributed by atoms with E-state index in [-0.39, 0.29) is 17.5 Å². The number of nitrogens with zero attached hydrogens (tertiary/aromatic N) is 4. The van der Waals surface area contributed by atoms with Gasteiger partial charge in [-0.15, -0.1) is 0 Å². The van der Waals surface area contributed by atoms with Crippen molar-refractivity contribution in [2.24, 2.45) is 5.92 Å². The van der Waals surface area contributed by atoms with E-state index in [0.29, 0.717) is 18.9 Å². The summed E-state index contributed by atoms with van der Waals surface area (Å²) in [5, 5.41) is 13.7. The van der Waals surface area contributed by atoms with Gasteiger partial charge in [-0.05, 0) is 36.6 Å². The molecule has 3 heterocycles. The molecule has 8 heteroatoms. The second-order valence-electron chi connectivity index (χ2n) is 5.99. The standard InChI is InChI=1S/C17H19N5O3/c23-17(20-10-13-5-7-18-8-6-13)14-2-1-9-21(12-14)16-4-3-15(11-19-16)22(24)25/h3-8,11,14H,1-2,9-10,12H2,(H,20,23)/t14-/m1/s1. The van der Waals surface area contributed by atoms with Crippen LogP contribution in [-0.4, -0.2) is 33.9 Å². The number of carbonyl (C=O) groups excluding carboxylic acids is 1. The second-order valence-corrected chi connectivity index (χ2v) is 5.99. The Morgan fingerprint density at radius 3 is 2.80 bits per heavy atom. The lowest BCUT2D eigenvalue weighted by molar-refractivity contribution is -0.385. The lowest BCUT2D eigenvalue weighted by Crippen LogP contribution is -2.43.